The standard InChI is InChI=1S/C13H19IN2O/c14-11-7-10(15)3-4-12(11)16-8-13(9-17)5-1-2-6-13/h3-4,7,16-17H,1-2,5-6,8-9,15H2. The Morgan fingerprint density at radius 3 is 2.65 bits per heavy atom. The predicted molar refractivity (Wildman–Crippen MR) is 80.0 cm³/mol. The number of hydrogen-bond donors (Lipinski definition) is 3. The largest absolute Gasteiger partial charge is 0.399 e. The summed E-state index contributed by atoms with van der Waals surface area (Å²) in [7, 11) is 0. The lowest BCUT2D eigenvalue weighted by atomic mass is 9.87. The van der Waals surface area contributed by atoms with E-state index < -0.39 is 0 Å². The molecule has 94 valence electrons. The average molecular weight is 346 g/mol. The van der Waals surface area contributed by atoms with Crippen molar-refractivity contribution in [3.8, 4) is 0 Å². The van der Waals surface area contributed by atoms with E-state index in [1.807, 2.05) is 18.2 Å². The number of rotatable bonds is 4. The fraction of sp³-hybridized carbons (Fsp3) is 0.538. The molecule has 1 saturated carbocycles. The van der Waals surface area contributed by atoms with Crippen molar-refractivity contribution >= 4 is 34.0 Å². The first-order chi connectivity index (χ1) is 8.15. The smallest absolute Gasteiger partial charge is 0.0504 e. The molecule has 1 aromatic rings. The highest BCUT2D eigenvalue weighted by atomic mass is 127. The van der Waals surface area contributed by atoms with Crippen molar-refractivity contribution in [1.29, 1.82) is 0 Å². The van der Waals surface area contributed by atoms with Gasteiger partial charge >= 0.3 is 0 Å². The molecule has 0 amide bonds. The van der Waals surface area contributed by atoms with Gasteiger partial charge in [-0.15, -0.1) is 0 Å². The van der Waals surface area contributed by atoms with E-state index in [1.165, 1.54) is 12.8 Å². The van der Waals surface area contributed by atoms with Crippen LogP contribution in [0.1, 0.15) is 25.7 Å². The second-order valence-corrected chi connectivity index (χ2v) is 6.12. The molecule has 0 unspecified atom stereocenters. The fourth-order valence-electron chi connectivity index (χ4n) is 2.47. The van der Waals surface area contributed by atoms with E-state index in [0.717, 1.165) is 34.3 Å². The van der Waals surface area contributed by atoms with Crippen LogP contribution in [0.5, 0.6) is 0 Å². The van der Waals surface area contributed by atoms with E-state index in [-0.39, 0.29) is 12.0 Å². The zero-order valence-corrected chi connectivity index (χ0v) is 12.0. The van der Waals surface area contributed by atoms with Gasteiger partial charge in [-0.2, -0.15) is 0 Å². The third-order valence-electron chi connectivity index (χ3n) is 3.65. The van der Waals surface area contributed by atoms with Gasteiger partial charge < -0.3 is 16.2 Å². The van der Waals surface area contributed by atoms with Crippen LogP contribution in [0.3, 0.4) is 0 Å². The SMILES string of the molecule is Nc1ccc(NCC2(CO)CCCC2)c(I)c1. The molecular weight excluding hydrogens is 327 g/mol. The van der Waals surface area contributed by atoms with Crippen LogP contribution >= 0.6 is 22.6 Å². The van der Waals surface area contributed by atoms with E-state index in [9.17, 15) is 5.11 Å². The monoisotopic (exact) mass is 346 g/mol. The van der Waals surface area contributed by atoms with Gasteiger partial charge in [-0.3, -0.25) is 0 Å². The molecule has 1 aliphatic rings. The van der Waals surface area contributed by atoms with Gasteiger partial charge in [0.25, 0.3) is 0 Å². The van der Waals surface area contributed by atoms with Crippen LogP contribution in [0.25, 0.3) is 0 Å². The van der Waals surface area contributed by atoms with Crippen LogP contribution in [0.4, 0.5) is 11.4 Å². The minimum absolute atomic E-state index is 0.0878. The molecule has 0 bridgehead atoms. The molecule has 4 N–H and O–H groups in total. The number of benzene rings is 1. The van der Waals surface area contributed by atoms with Gasteiger partial charge in [0.05, 0.1) is 6.61 Å². The third kappa shape index (κ3) is 3.04. The van der Waals surface area contributed by atoms with Gasteiger partial charge in [-0.25, -0.2) is 0 Å². The van der Waals surface area contributed by atoms with Crippen molar-refractivity contribution in [3.63, 3.8) is 0 Å². The highest BCUT2D eigenvalue weighted by Crippen LogP contribution is 2.38. The maximum atomic E-state index is 9.55. The summed E-state index contributed by atoms with van der Waals surface area (Å²) in [5.74, 6) is 0. The Morgan fingerprint density at radius 1 is 1.35 bits per heavy atom. The number of aliphatic hydroxyl groups excluding tert-OH is 1. The van der Waals surface area contributed by atoms with Crippen LogP contribution in [0, 0.1) is 8.99 Å². The van der Waals surface area contributed by atoms with Crippen LogP contribution in [0.15, 0.2) is 18.2 Å². The van der Waals surface area contributed by atoms with Crippen molar-refractivity contribution in [2.24, 2.45) is 5.41 Å². The molecule has 17 heavy (non-hydrogen) atoms. The van der Waals surface area contributed by atoms with E-state index in [1.54, 1.807) is 0 Å². The summed E-state index contributed by atoms with van der Waals surface area (Å²) in [5, 5.41) is 13.0. The van der Waals surface area contributed by atoms with Crippen molar-refractivity contribution in [1.82, 2.24) is 0 Å². The minimum atomic E-state index is 0.0878. The van der Waals surface area contributed by atoms with E-state index in [0.29, 0.717) is 0 Å². The van der Waals surface area contributed by atoms with Crippen molar-refractivity contribution in [3.05, 3.63) is 21.8 Å². The zero-order chi connectivity index (χ0) is 12.3. The number of nitrogens with one attached hydrogen (secondary N) is 1. The van der Waals surface area contributed by atoms with E-state index in [4.69, 9.17) is 5.73 Å². The lowest BCUT2D eigenvalue weighted by Gasteiger charge is -2.27. The molecule has 0 saturated heterocycles. The van der Waals surface area contributed by atoms with Gasteiger partial charge in [0.1, 0.15) is 0 Å². The Morgan fingerprint density at radius 2 is 2.06 bits per heavy atom. The van der Waals surface area contributed by atoms with E-state index >= 15 is 0 Å². The zero-order valence-electron chi connectivity index (χ0n) is 9.88. The van der Waals surface area contributed by atoms with Gasteiger partial charge in [-0.1, -0.05) is 12.8 Å². The number of nitrogens with two attached hydrogens (primary N) is 1. The molecule has 0 radical (unpaired) electrons. The Kier molecular flexibility index (Phi) is 4.14. The minimum Gasteiger partial charge on any atom is -0.399 e. The topological polar surface area (TPSA) is 58.3 Å². The molecule has 0 aromatic heterocycles. The maximum absolute atomic E-state index is 9.55. The summed E-state index contributed by atoms with van der Waals surface area (Å²) in [6.07, 6.45) is 4.73. The molecule has 0 spiro atoms. The molecule has 2 rings (SSSR count). The highest BCUT2D eigenvalue weighted by Gasteiger charge is 2.32. The number of aliphatic hydroxyl groups is 1. The quantitative estimate of drug-likeness (QED) is 0.580. The summed E-state index contributed by atoms with van der Waals surface area (Å²) < 4.78 is 1.13. The molecule has 3 nitrogen and oxygen atoms in total. The van der Waals surface area contributed by atoms with Gasteiger partial charge in [0.15, 0.2) is 0 Å². The lowest BCUT2D eigenvalue weighted by molar-refractivity contribution is 0.142. The summed E-state index contributed by atoms with van der Waals surface area (Å²) in [6, 6.07) is 5.88. The summed E-state index contributed by atoms with van der Waals surface area (Å²) in [5.41, 5.74) is 7.71. The lowest BCUT2D eigenvalue weighted by Crippen LogP contribution is -2.30. The van der Waals surface area contributed by atoms with Gasteiger partial charge in [-0.05, 0) is 53.6 Å². The van der Waals surface area contributed by atoms with Crippen LogP contribution in [-0.2, 0) is 0 Å². The van der Waals surface area contributed by atoms with Crippen molar-refractivity contribution in [2.45, 2.75) is 25.7 Å². The molecule has 1 aliphatic carbocycles. The second-order valence-electron chi connectivity index (χ2n) is 4.96. The average Bonchev–Trinajstić information content (AvgIpc) is 2.77. The second kappa shape index (κ2) is 5.44. The summed E-state index contributed by atoms with van der Waals surface area (Å²) in [6.45, 7) is 1.13. The number of nitrogen functional groups attached to an aromatic ring is 1. The molecule has 1 aromatic carbocycles. The predicted octanol–water partition coefficient (Wildman–Crippen LogP) is 2.84. The van der Waals surface area contributed by atoms with Crippen molar-refractivity contribution < 1.29 is 5.11 Å². The molecule has 4 heteroatoms. The van der Waals surface area contributed by atoms with Gasteiger partial charge in [0.2, 0.25) is 0 Å². The molecule has 0 aliphatic heterocycles. The Balaban J connectivity index is 2.01. The number of hydrogen-bond acceptors (Lipinski definition) is 3. The van der Waals surface area contributed by atoms with E-state index in [2.05, 4.69) is 27.9 Å². The molecule has 0 heterocycles. The van der Waals surface area contributed by atoms with Crippen LogP contribution < -0.4 is 11.1 Å². The normalized spacial score (nSPS) is 18.2. The van der Waals surface area contributed by atoms with Gasteiger partial charge in [0, 0.05) is 26.9 Å². The fourth-order valence-corrected chi connectivity index (χ4v) is 3.20. The van der Waals surface area contributed by atoms with Crippen molar-refractivity contribution in [2.75, 3.05) is 24.2 Å². The first-order valence-electron chi connectivity index (χ1n) is 6.05. The molecule has 1 fully saturated rings. The first-order valence-corrected chi connectivity index (χ1v) is 7.13. The Bertz CT molecular complexity index is 389. The Labute approximate surface area is 116 Å². The Hall–Kier alpha value is -0.490. The number of anilines is 2. The molecular formula is C13H19IN2O. The summed E-state index contributed by atoms with van der Waals surface area (Å²) >= 11 is 2.28. The molecule has 0 atom stereocenters. The van der Waals surface area contributed by atoms with Crippen LogP contribution in [-0.4, -0.2) is 18.3 Å². The maximum Gasteiger partial charge on any atom is 0.0504 e. The third-order valence-corrected chi connectivity index (χ3v) is 4.54. The summed E-state index contributed by atoms with van der Waals surface area (Å²) in [4.78, 5) is 0. The first kappa shape index (κ1) is 13.0. The number of halogens is 1. The highest BCUT2D eigenvalue weighted by molar-refractivity contribution is 14.1. The van der Waals surface area contributed by atoms with Crippen LogP contribution in [0.2, 0.25) is 0 Å².